The summed E-state index contributed by atoms with van der Waals surface area (Å²) in [6.45, 7) is 0. The summed E-state index contributed by atoms with van der Waals surface area (Å²) in [6, 6.07) is 19.1. The lowest BCUT2D eigenvalue weighted by molar-refractivity contribution is 0.0993. The van der Waals surface area contributed by atoms with Gasteiger partial charge in [-0.1, -0.05) is 54.1 Å². The van der Waals surface area contributed by atoms with Gasteiger partial charge in [-0.05, 0) is 34.5 Å². The Labute approximate surface area is 128 Å². The molecule has 3 aromatic carbocycles. The Kier molecular flexibility index (Phi) is 3.63. The first-order valence-electron chi connectivity index (χ1n) is 6.70. The van der Waals surface area contributed by atoms with Gasteiger partial charge >= 0.3 is 0 Å². The van der Waals surface area contributed by atoms with E-state index in [9.17, 15) is 4.79 Å². The number of carbonyl (C=O) groups excluding carboxylic acids is 1. The third kappa shape index (κ3) is 2.76. The zero-order valence-electron chi connectivity index (χ0n) is 11.3. The number of rotatable bonds is 3. The molecule has 0 radical (unpaired) electrons. The molecule has 0 aliphatic heterocycles. The second kappa shape index (κ2) is 5.58. The lowest BCUT2D eigenvalue weighted by Crippen LogP contribution is -2.04. The molecule has 0 fully saturated rings. The van der Waals surface area contributed by atoms with Crippen LogP contribution in [-0.4, -0.2) is 5.78 Å². The van der Waals surface area contributed by atoms with Crippen LogP contribution in [0.5, 0.6) is 0 Å². The molecule has 0 saturated carbocycles. The molecule has 0 spiro atoms. The highest BCUT2D eigenvalue weighted by molar-refractivity contribution is 6.33. The smallest absolute Gasteiger partial charge is 0.167 e. The Morgan fingerprint density at radius 3 is 2.57 bits per heavy atom. The number of halogens is 1. The van der Waals surface area contributed by atoms with Crippen molar-refractivity contribution in [3.8, 4) is 0 Å². The van der Waals surface area contributed by atoms with Gasteiger partial charge in [0.2, 0.25) is 0 Å². The Bertz CT molecular complexity index is 821. The summed E-state index contributed by atoms with van der Waals surface area (Å²) in [6.07, 6.45) is 0.349. The summed E-state index contributed by atoms with van der Waals surface area (Å²) in [5.74, 6) is 0.0354. The van der Waals surface area contributed by atoms with Crippen molar-refractivity contribution in [2.45, 2.75) is 6.42 Å². The van der Waals surface area contributed by atoms with Gasteiger partial charge in [0.25, 0.3) is 0 Å². The Hall–Kier alpha value is -2.32. The van der Waals surface area contributed by atoms with Gasteiger partial charge in [0.1, 0.15) is 0 Å². The highest BCUT2D eigenvalue weighted by atomic mass is 35.5. The summed E-state index contributed by atoms with van der Waals surface area (Å²) in [4.78, 5) is 12.4. The summed E-state index contributed by atoms with van der Waals surface area (Å²) in [7, 11) is 0. The maximum atomic E-state index is 12.4. The van der Waals surface area contributed by atoms with Crippen LogP contribution in [0.2, 0.25) is 5.02 Å². The minimum Gasteiger partial charge on any atom is -0.398 e. The number of nitrogens with two attached hydrogens (primary N) is 1. The molecule has 0 amide bonds. The molecule has 0 heterocycles. The molecule has 21 heavy (non-hydrogen) atoms. The average Bonchev–Trinajstić information content (AvgIpc) is 2.50. The fourth-order valence-corrected chi connectivity index (χ4v) is 2.60. The molecule has 3 rings (SSSR count). The molecule has 3 aromatic rings. The summed E-state index contributed by atoms with van der Waals surface area (Å²) in [5, 5.41) is 2.66. The van der Waals surface area contributed by atoms with E-state index in [-0.39, 0.29) is 5.78 Å². The SMILES string of the molecule is Nc1ccc(C(=O)Cc2cccc3ccccc23)cc1Cl. The predicted octanol–water partition coefficient (Wildman–Crippen LogP) is 4.50. The van der Waals surface area contributed by atoms with Crippen molar-refractivity contribution in [2.24, 2.45) is 0 Å². The predicted molar refractivity (Wildman–Crippen MR) is 87.8 cm³/mol. The van der Waals surface area contributed by atoms with Crippen molar-refractivity contribution < 1.29 is 4.79 Å². The topological polar surface area (TPSA) is 43.1 Å². The molecule has 104 valence electrons. The van der Waals surface area contributed by atoms with E-state index in [1.807, 2.05) is 42.5 Å². The van der Waals surface area contributed by atoms with Crippen molar-refractivity contribution in [1.29, 1.82) is 0 Å². The molecular weight excluding hydrogens is 282 g/mol. The Morgan fingerprint density at radius 2 is 1.76 bits per heavy atom. The van der Waals surface area contributed by atoms with Gasteiger partial charge in [0.05, 0.1) is 10.7 Å². The Morgan fingerprint density at radius 1 is 1.00 bits per heavy atom. The van der Waals surface area contributed by atoms with Crippen LogP contribution in [0, 0.1) is 0 Å². The van der Waals surface area contributed by atoms with Gasteiger partial charge in [-0.3, -0.25) is 4.79 Å². The number of Topliss-reactive ketones (excluding diaryl/α,β-unsaturated/α-hetero) is 1. The van der Waals surface area contributed by atoms with Crippen LogP contribution in [0.4, 0.5) is 5.69 Å². The van der Waals surface area contributed by atoms with Crippen molar-refractivity contribution in [3.63, 3.8) is 0 Å². The van der Waals surface area contributed by atoms with Gasteiger partial charge in [0.15, 0.2) is 5.78 Å². The normalized spacial score (nSPS) is 10.7. The molecule has 3 heteroatoms. The number of hydrogen-bond donors (Lipinski definition) is 1. The number of anilines is 1. The van der Waals surface area contributed by atoms with E-state index >= 15 is 0 Å². The van der Waals surface area contributed by atoms with E-state index in [2.05, 4.69) is 0 Å². The van der Waals surface area contributed by atoms with E-state index < -0.39 is 0 Å². The fraction of sp³-hybridized carbons (Fsp3) is 0.0556. The van der Waals surface area contributed by atoms with Crippen LogP contribution >= 0.6 is 11.6 Å². The molecule has 0 saturated heterocycles. The van der Waals surface area contributed by atoms with Crippen molar-refractivity contribution in [2.75, 3.05) is 5.73 Å². The van der Waals surface area contributed by atoms with Crippen molar-refractivity contribution in [1.82, 2.24) is 0 Å². The zero-order valence-corrected chi connectivity index (χ0v) is 12.1. The second-order valence-corrected chi connectivity index (χ2v) is 5.38. The lowest BCUT2D eigenvalue weighted by atomic mass is 9.97. The molecule has 0 aliphatic rings. The van der Waals surface area contributed by atoms with E-state index in [1.165, 1.54) is 0 Å². The highest BCUT2D eigenvalue weighted by Gasteiger charge is 2.10. The third-order valence-electron chi connectivity index (χ3n) is 3.55. The van der Waals surface area contributed by atoms with E-state index in [0.717, 1.165) is 16.3 Å². The van der Waals surface area contributed by atoms with E-state index in [4.69, 9.17) is 17.3 Å². The zero-order chi connectivity index (χ0) is 14.8. The molecule has 2 nitrogen and oxygen atoms in total. The molecule has 0 atom stereocenters. The van der Waals surface area contributed by atoms with Crippen LogP contribution in [0.3, 0.4) is 0 Å². The number of carbonyl (C=O) groups is 1. The quantitative estimate of drug-likeness (QED) is 0.571. The van der Waals surface area contributed by atoms with Crippen LogP contribution in [-0.2, 0) is 6.42 Å². The van der Waals surface area contributed by atoms with E-state index in [1.54, 1.807) is 18.2 Å². The molecular formula is C18H14ClNO. The van der Waals surface area contributed by atoms with Crippen molar-refractivity contribution in [3.05, 3.63) is 76.8 Å². The molecule has 2 N–H and O–H groups in total. The largest absolute Gasteiger partial charge is 0.398 e. The van der Waals surface area contributed by atoms with Crippen LogP contribution in [0.15, 0.2) is 60.7 Å². The molecule has 0 unspecified atom stereocenters. The first-order valence-corrected chi connectivity index (χ1v) is 7.08. The van der Waals surface area contributed by atoms with Gasteiger partial charge < -0.3 is 5.73 Å². The fourth-order valence-electron chi connectivity index (χ4n) is 2.42. The maximum absolute atomic E-state index is 12.4. The standard InChI is InChI=1S/C18H14ClNO/c19-16-10-14(8-9-17(16)20)18(21)11-13-6-3-5-12-4-1-2-7-15(12)13/h1-10H,11,20H2. The number of ketones is 1. The maximum Gasteiger partial charge on any atom is 0.167 e. The number of benzene rings is 3. The average molecular weight is 296 g/mol. The van der Waals surface area contributed by atoms with Crippen molar-refractivity contribution >= 4 is 33.8 Å². The van der Waals surface area contributed by atoms with Crippen LogP contribution in [0.1, 0.15) is 15.9 Å². The minimum atomic E-state index is 0.0354. The van der Waals surface area contributed by atoms with Gasteiger partial charge in [0, 0.05) is 12.0 Å². The molecule has 0 aromatic heterocycles. The van der Waals surface area contributed by atoms with E-state index in [0.29, 0.717) is 22.7 Å². The van der Waals surface area contributed by atoms with Crippen LogP contribution in [0.25, 0.3) is 10.8 Å². The van der Waals surface area contributed by atoms with Crippen LogP contribution < -0.4 is 5.73 Å². The van der Waals surface area contributed by atoms with Gasteiger partial charge in [-0.25, -0.2) is 0 Å². The number of hydrogen-bond acceptors (Lipinski definition) is 2. The summed E-state index contributed by atoms with van der Waals surface area (Å²) >= 11 is 5.98. The first kappa shape index (κ1) is 13.7. The second-order valence-electron chi connectivity index (χ2n) is 4.97. The highest BCUT2D eigenvalue weighted by Crippen LogP contribution is 2.23. The number of nitrogen functional groups attached to an aromatic ring is 1. The van der Waals surface area contributed by atoms with Gasteiger partial charge in [-0.2, -0.15) is 0 Å². The molecule has 0 aliphatic carbocycles. The van der Waals surface area contributed by atoms with Gasteiger partial charge in [-0.15, -0.1) is 0 Å². The summed E-state index contributed by atoms with van der Waals surface area (Å²) in [5.41, 5.74) is 7.76. The lowest BCUT2D eigenvalue weighted by Gasteiger charge is -2.07. The molecule has 0 bridgehead atoms. The Balaban J connectivity index is 1.94. The first-order chi connectivity index (χ1) is 10.1. The monoisotopic (exact) mass is 295 g/mol. The number of fused-ring (bicyclic) bond motifs is 1. The third-order valence-corrected chi connectivity index (χ3v) is 3.88. The minimum absolute atomic E-state index is 0.0354. The summed E-state index contributed by atoms with van der Waals surface area (Å²) < 4.78 is 0.